The molecule has 0 aliphatic heterocycles. The van der Waals surface area contributed by atoms with Gasteiger partial charge in [-0.2, -0.15) is 5.10 Å². The number of aromatic nitrogens is 3. The van der Waals surface area contributed by atoms with E-state index in [2.05, 4.69) is 20.7 Å². The minimum Gasteiger partial charge on any atom is -0.481 e. The van der Waals surface area contributed by atoms with Crippen LogP contribution in [0.3, 0.4) is 0 Å². The summed E-state index contributed by atoms with van der Waals surface area (Å²) in [5, 5.41) is 19.3. The highest BCUT2D eigenvalue weighted by Crippen LogP contribution is 2.56. The molecule has 0 radical (unpaired) electrons. The van der Waals surface area contributed by atoms with E-state index in [0.29, 0.717) is 37.0 Å². The van der Waals surface area contributed by atoms with Crippen molar-refractivity contribution in [3.05, 3.63) is 65.1 Å². The van der Waals surface area contributed by atoms with E-state index in [9.17, 15) is 28.3 Å². The maximum absolute atomic E-state index is 13.4. The van der Waals surface area contributed by atoms with Gasteiger partial charge in [-0.15, -0.1) is 0 Å². The van der Waals surface area contributed by atoms with Gasteiger partial charge in [-0.1, -0.05) is 6.07 Å². The molecule has 0 saturated heterocycles. The smallest absolute Gasteiger partial charge is 0.309 e. The van der Waals surface area contributed by atoms with Crippen molar-refractivity contribution < 1.29 is 28.3 Å². The fourth-order valence-corrected chi connectivity index (χ4v) is 5.32. The molecule has 0 unspecified atom stereocenters. The normalized spacial score (nSPS) is 22.9. The average molecular weight is 498 g/mol. The van der Waals surface area contributed by atoms with Crippen LogP contribution in [0.2, 0.25) is 0 Å². The van der Waals surface area contributed by atoms with E-state index in [1.165, 1.54) is 22.8 Å². The summed E-state index contributed by atoms with van der Waals surface area (Å²) in [6.07, 6.45) is 5.52. The Balaban J connectivity index is 1.29. The first kappa shape index (κ1) is 23.8. The van der Waals surface area contributed by atoms with Crippen LogP contribution in [0.15, 0.2) is 36.5 Å². The third kappa shape index (κ3) is 4.29. The SMILES string of the molecule is O=C(NCc1ccc(F)c(F)c1)c1cc(C(=O)NCC23CCC(C(=O)O)(CC2)CC3)n2nccc2n1. The third-order valence-electron chi connectivity index (χ3n) is 7.74. The number of fused-ring (bicyclic) bond motifs is 4. The van der Waals surface area contributed by atoms with Crippen LogP contribution in [0.1, 0.15) is 65.1 Å². The number of carboxylic acid groups (broad SMARTS) is 1. The topological polar surface area (TPSA) is 126 Å². The zero-order valence-electron chi connectivity index (χ0n) is 19.4. The van der Waals surface area contributed by atoms with Crippen LogP contribution in [0.5, 0.6) is 0 Å². The molecule has 1 aromatic carbocycles. The third-order valence-corrected chi connectivity index (χ3v) is 7.74. The summed E-state index contributed by atoms with van der Waals surface area (Å²) in [5.74, 6) is -3.72. The van der Waals surface area contributed by atoms with Crippen LogP contribution in [0, 0.1) is 22.5 Å². The Bertz CT molecular complexity index is 1350. The van der Waals surface area contributed by atoms with E-state index in [4.69, 9.17) is 0 Å². The van der Waals surface area contributed by atoms with Crippen molar-refractivity contribution in [1.82, 2.24) is 25.2 Å². The van der Waals surface area contributed by atoms with Crippen molar-refractivity contribution in [2.45, 2.75) is 45.1 Å². The number of nitrogens with zero attached hydrogens (tertiary/aromatic N) is 3. The number of nitrogens with one attached hydrogen (secondary N) is 2. The van der Waals surface area contributed by atoms with Gasteiger partial charge in [0.15, 0.2) is 17.3 Å². The lowest BCUT2D eigenvalue weighted by Gasteiger charge is -2.51. The predicted molar refractivity (Wildman–Crippen MR) is 123 cm³/mol. The van der Waals surface area contributed by atoms with Gasteiger partial charge in [0, 0.05) is 25.2 Å². The van der Waals surface area contributed by atoms with Crippen LogP contribution in [0.25, 0.3) is 5.65 Å². The van der Waals surface area contributed by atoms with Gasteiger partial charge in [0.1, 0.15) is 11.4 Å². The number of aliphatic carboxylic acids is 1. The number of hydrogen-bond donors (Lipinski definition) is 3. The second kappa shape index (κ2) is 8.96. The number of carbonyl (C=O) groups excluding carboxylic acids is 2. The van der Waals surface area contributed by atoms with Crippen LogP contribution in [-0.4, -0.2) is 44.0 Å². The molecule has 2 amide bonds. The Morgan fingerprint density at radius 3 is 2.33 bits per heavy atom. The molecule has 11 heteroatoms. The molecule has 3 aliphatic carbocycles. The van der Waals surface area contributed by atoms with Gasteiger partial charge in [0.2, 0.25) is 0 Å². The molecule has 0 spiro atoms. The van der Waals surface area contributed by atoms with Crippen molar-refractivity contribution in [2.24, 2.45) is 10.8 Å². The quantitative estimate of drug-likeness (QED) is 0.461. The van der Waals surface area contributed by atoms with Gasteiger partial charge < -0.3 is 15.7 Å². The number of carbonyl (C=O) groups is 3. The molecular weight excluding hydrogens is 472 g/mol. The summed E-state index contributed by atoms with van der Waals surface area (Å²) in [4.78, 5) is 41.8. The maximum atomic E-state index is 13.4. The summed E-state index contributed by atoms with van der Waals surface area (Å²) in [7, 11) is 0. The standard InChI is InChI=1S/C25H25F2N5O4/c26-16-2-1-15(11-17(16)27)13-28-21(33)18-12-19(32-20(31-18)3-10-30-32)22(34)29-14-24-4-7-25(8-5-24,9-6-24)23(35)36/h1-3,10-12H,4-9,13-14H2,(H,28,33)(H,29,34)(H,35,36). The first-order valence-corrected chi connectivity index (χ1v) is 11.8. The minimum atomic E-state index is -1.01. The molecule has 6 rings (SSSR count). The van der Waals surface area contributed by atoms with Gasteiger partial charge in [-0.05, 0) is 61.6 Å². The largest absolute Gasteiger partial charge is 0.481 e. The number of benzene rings is 1. The summed E-state index contributed by atoms with van der Waals surface area (Å²) in [6.45, 7) is 0.355. The Labute approximate surface area is 204 Å². The van der Waals surface area contributed by atoms with Gasteiger partial charge in [0.05, 0.1) is 11.6 Å². The molecule has 3 N–H and O–H groups in total. The molecule has 0 atom stereocenters. The fraction of sp³-hybridized carbons (Fsp3) is 0.400. The van der Waals surface area contributed by atoms with Crippen molar-refractivity contribution in [1.29, 1.82) is 0 Å². The molecule has 2 heterocycles. The van der Waals surface area contributed by atoms with Gasteiger partial charge in [-0.25, -0.2) is 18.3 Å². The maximum Gasteiger partial charge on any atom is 0.309 e. The zero-order chi connectivity index (χ0) is 25.5. The molecular formula is C25H25F2N5O4. The van der Waals surface area contributed by atoms with E-state index in [0.717, 1.165) is 31.4 Å². The molecule has 3 fully saturated rings. The van der Waals surface area contributed by atoms with Gasteiger partial charge >= 0.3 is 5.97 Å². The molecule has 2 bridgehead atoms. The summed E-state index contributed by atoms with van der Waals surface area (Å²) in [5.41, 5.74) is 0.0341. The predicted octanol–water partition coefficient (Wildman–Crippen LogP) is 3.09. The monoisotopic (exact) mass is 497 g/mol. The lowest BCUT2D eigenvalue weighted by atomic mass is 9.53. The van der Waals surface area contributed by atoms with Crippen LogP contribution in [-0.2, 0) is 11.3 Å². The number of rotatable bonds is 7. The molecule has 36 heavy (non-hydrogen) atoms. The first-order chi connectivity index (χ1) is 17.2. The van der Waals surface area contributed by atoms with Crippen LogP contribution >= 0.6 is 0 Å². The highest BCUT2D eigenvalue weighted by Gasteiger charge is 2.52. The summed E-state index contributed by atoms with van der Waals surface area (Å²) >= 11 is 0. The Kier molecular flexibility index (Phi) is 5.93. The van der Waals surface area contributed by atoms with E-state index < -0.39 is 34.8 Å². The second-order valence-electron chi connectivity index (χ2n) is 9.83. The molecule has 3 aromatic rings. The summed E-state index contributed by atoms with van der Waals surface area (Å²) < 4.78 is 27.9. The molecule has 188 valence electrons. The fourth-order valence-electron chi connectivity index (χ4n) is 5.32. The average Bonchev–Trinajstić information content (AvgIpc) is 3.37. The Morgan fingerprint density at radius 1 is 0.944 bits per heavy atom. The van der Waals surface area contributed by atoms with Crippen molar-refractivity contribution in [2.75, 3.05) is 6.54 Å². The number of hydrogen-bond acceptors (Lipinski definition) is 5. The minimum absolute atomic E-state index is 0.0181. The van der Waals surface area contributed by atoms with E-state index in [1.807, 2.05) is 0 Å². The van der Waals surface area contributed by atoms with Crippen molar-refractivity contribution in [3.8, 4) is 0 Å². The zero-order valence-corrected chi connectivity index (χ0v) is 19.4. The Hall–Kier alpha value is -3.89. The Morgan fingerprint density at radius 2 is 1.67 bits per heavy atom. The molecule has 3 aliphatic rings. The first-order valence-electron chi connectivity index (χ1n) is 11.8. The van der Waals surface area contributed by atoms with Crippen molar-refractivity contribution in [3.63, 3.8) is 0 Å². The molecule has 9 nitrogen and oxygen atoms in total. The van der Waals surface area contributed by atoms with E-state index in [1.54, 1.807) is 6.07 Å². The van der Waals surface area contributed by atoms with Crippen molar-refractivity contribution >= 4 is 23.4 Å². The highest BCUT2D eigenvalue weighted by atomic mass is 19.2. The lowest BCUT2D eigenvalue weighted by molar-refractivity contribution is -0.158. The van der Waals surface area contributed by atoms with E-state index in [-0.39, 0.29) is 23.3 Å². The van der Waals surface area contributed by atoms with Crippen LogP contribution in [0.4, 0.5) is 8.78 Å². The van der Waals surface area contributed by atoms with E-state index >= 15 is 0 Å². The number of halogens is 2. The molecule has 2 aromatic heterocycles. The lowest BCUT2D eigenvalue weighted by Crippen LogP contribution is -2.50. The summed E-state index contributed by atoms with van der Waals surface area (Å²) in [6, 6.07) is 6.25. The van der Waals surface area contributed by atoms with Gasteiger partial charge in [-0.3, -0.25) is 14.4 Å². The number of carboxylic acids is 1. The number of amides is 2. The van der Waals surface area contributed by atoms with Crippen LogP contribution < -0.4 is 10.6 Å². The highest BCUT2D eigenvalue weighted by molar-refractivity contribution is 5.98. The molecule has 3 saturated carbocycles. The second-order valence-corrected chi connectivity index (χ2v) is 9.83. The van der Waals surface area contributed by atoms with Gasteiger partial charge in [0.25, 0.3) is 11.8 Å².